The molecule has 0 spiro atoms. The van der Waals surface area contributed by atoms with Crippen molar-refractivity contribution >= 4 is 23.4 Å². The molecule has 1 heterocycles. The van der Waals surface area contributed by atoms with Crippen LogP contribution in [0.2, 0.25) is 5.02 Å². The van der Waals surface area contributed by atoms with Crippen molar-refractivity contribution in [2.45, 2.75) is 29.4 Å². The van der Waals surface area contributed by atoms with E-state index in [4.69, 9.17) is 11.6 Å². The van der Waals surface area contributed by atoms with Crippen LogP contribution in [0.3, 0.4) is 0 Å². The van der Waals surface area contributed by atoms with Crippen molar-refractivity contribution in [3.05, 3.63) is 64.9 Å². The second-order valence-electron chi connectivity index (χ2n) is 5.99. The number of hydrogen-bond donors (Lipinski definition) is 0. The highest BCUT2D eigenvalue weighted by molar-refractivity contribution is 8.00. The van der Waals surface area contributed by atoms with Crippen molar-refractivity contribution in [3.8, 4) is 0 Å². The lowest BCUT2D eigenvalue weighted by Crippen LogP contribution is -2.36. The van der Waals surface area contributed by atoms with Crippen molar-refractivity contribution in [1.29, 1.82) is 0 Å². The third-order valence-electron chi connectivity index (χ3n) is 4.28. The molecule has 0 amide bonds. The number of likely N-dealkylation sites (tertiary alicyclic amines) is 1. The number of nitrogens with zero attached hydrogens (tertiary/aromatic N) is 1. The van der Waals surface area contributed by atoms with Crippen LogP contribution in [-0.4, -0.2) is 29.8 Å². The summed E-state index contributed by atoms with van der Waals surface area (Å²) < 4.78 is 12.9. The van der Waals surface area contributed by atoms with Crippen LogP contribution in [0.1, 0.15) is 18.4 Å². The minimum Gasteiger partial charge on any atom is -0.303 e. The number of thioether (sulfide) groups is 1. The normalized spacial score (nSPS) is 16.6. The van der Waals surface area contributed by atoms with Gasteiger partial charge in [0.1, 0.15) is 5.82 Å². The summed E-state index contributed by atoms with van der Waals surface area (Å²) in [5, 5.41) is 1.49. The number of rotatable bonds is 5. The second-order valence-corrected chi connectivity index (χ2v) is 7.80. The third kappa shape index (κ3) is 5.23. The fraction of sp³-hybridized carbons (Fsp3) is 0.368. The second kappa shape index (κ2) is 8.18. The van der Waals surface area contributed by atoms with Gasteiger partial charge >= 0.3 is 0 Å². The van der Waals surface area contributed by atoms with E-state index in [1.807, 2.05) is 36.0 Å². The molecule has 0 bridgehead atoms. The van der Waals surface area contributed by atoms with Crippen LogP contribution in [0.25, 0.3) is 0 Å². The first-order valence-corrected chi connectivity index (χ1v) is 9.34. The molecule has 0 atom stereocenters. The predicted octanol–water partition coefficient (Wildman–Crippen LogP) is 5.28. The van der Waals surface area contributed by atoms with Crippen LogP contribution in [0.15, 0.2) is 53.4 Å². The highest BCUT2D eigenvalue weighted by Crippen LogP contribution is 2.31. The molecule has 122 valence electrons. The molecule has 1 fully saturated rings. The predicted molar refractivity (Wildman–Crippen MR) is 96.9 cm³/mol. The molecule has 1 aliphatic heterocycles. The van der Waals surface area contributed by atoms with Gasteiger partial charge in [-0.05, 0) is 74.3 Å². The third-order valence-corrected chi connectivity index (χ3v) is 5.88. The van der Waals surface area contributed by atoms with Crippen LogP contribution >= 0.6 is 23.4 Å². The van der Waals surface area contributed by atoms with Crippen LogP contribution in [-0.2, 0) is 6.42 Å². The molecule has 0 aliphatic carbocycles. The van der Waals surface area contributed by atoms with E-state index >= 15 is 0 Å². The summed E-state index contributed by atoms with van der Waals surface area (Å²) >= 11 is 7.90. The molecule has 0 N–H and O–H groups in total. The summed E-state index contributed by atoms with van der Waals surface area (Å²) in [7, 11) is 0. The molecular formula is C19H21ClFNS. The molecule has 1 nitrogen and oxygen atoms in total. The summed E-state index contributed by atoms with van der Waals surface area (Å²) in [5.41, 5.74) is 1.21. The van der Waals surface area contributed by atoms with Gasteiger partial charge in [0.25, 0.3) is 0 Å². The lowest BCUT2D eigenvalue weighted by molar-refractivity contribution is 0.235. The summed E-state index contributed by atoms with van der Waals surface area (Å²) in [4.78, 5) is 3.82. The number of piperidine rings is 1. The molecular weight excluding hydrogens is 329 g/mol. The van der Waals surface area contributed by atoms with Gasteiger partial charge < -0.3 is 4.90 Å². The Kier molecular flexibility index (Phi) is 5.98. The van der Waals surface area contributed by atoms with Gasteiger partial charge in [0.2, 0.25) is 0 Å². The fourth-order valence-corrected chi connectivity index (χ4v) is 4.15. The Morgan fingerprint density at radius 3 is 2.30 bits per heavy atom. The van der Waals surface area contributed by atoms with Gasteiger partial charge in [0, 0.05) is 21.7 Å². The van der Waals surface area contributed by atoms with Gasteiger partial charge in [-0.25, -0.2) is 4.39 Å². The largest absolute Gasteiger partial charge is 0.303 e. The van der Waals surface area contributed by atoms with Gasteiger partial charge in [-0.2, -0.15) is 0 Å². The van der Waals surface area contributed by atoms with Crippen molar-refractivity contribution in [2.24, 2.45) is 0 Å². The van der Waals surface area contributed by atoms with Gasteiger partial charge in [-0.3, -0.25) is 0 Å². The van der Waals surface area contributed by atoms with Crippen LogP contribution in [0.5, 0.6) is 0 Å². The van der Waals surface area contributed by atoms with E-state index in [9.17, 15) is 4.39 Å². The number of benzene rings is 2. The van der Waals surface area contributed by atoms with Crippen molar-refractivity contribution < 1.29 is 4.39 Å². The Labute approximate surface area is 146 Å². The lowest BCUT2D eigenvalue weighted by Gasteiger charge is -2.31. The van der Waals surface area contributed by atoms with E-state index in [1.54, 1.807) is 12.1 Å². The lowest BCUT2D eigenvalue weighted by atomic mass is 10.1. The van der Waals surface area contributed by atoms with Crippen LogP contribution < -0.4 is 0 Å². The summed E-state index contributed by atoms with van der Waals surface area (Å²) in [6.45, 7) is 3.35. The topological polar surface area (TPSA) is 3.24 Å². The van der Waals surface area contributed by atoms with Gasteiger partial charge in [0.05, 0.1) is 0 Å². The molecule has 1 aliphatic rings. The molecule has 0 unspecified atom stereocenters. The zero-order chi connectivity index (χ0) is 16.1. The minimum atomic E-state index is -0.159. The Hall–Kier alpha value is -1.03. The first-order valence-electron chi connectivity index (χ1n) is 8.08. The maximum atomic E-state index is 12.9. The molecule has 0 radical (unpaired) electrons. The first-order chi connectivity index (χ1) is 11.2. The van der Waals surface area contributed by atoms with Gasteiger partial charge in [-0.1, -0.05) is 23.7 Å². The highest BCUT2D eigenvalue weighted by Gasteiger charge is 2.19. The Bertz CT molecular complexity index is 606. The Morgan fingerprint density at radius 2 is 1.65 bits per heavy atom. The quantitative estimate of drug-likeness (QED) is 0.722. The van der Waals surface area contributed by atoms with Crippen molar-refractivity contribution in [3.63, 3.8) is 0 Å². The monoisotopic (exact) mass is 349 g/mol. The fourth-order valence-electron chi connectivity index (χ4n) is 2.89. The zero-order valence-corrected chi connectivity index (χ0v) is 14.6. The maximum absolute atomic E-state index is 12.9. The maximum Gasteiger partial charge on any atom is 0.123 e. The van der Waals surface area contributed by atoms with Crippen LogP contribution in [0.4, 0.5) is 4.39 Å². The smallest absolute Gasteiger partial charge is 0.123 e. The standard InChI is InChI=1S/C19H21ClFNS/c20-16-3-7-18(8-4-16)23-19-10-13-22(14-11-19)12-9-15-1-5-17(21)6-2-15/h1-8,19H,9-14H2. The van der Waals surface area contributed by atoms with Crippen molar-refractivity contribution in [1.82, 2.24) is 4.90 Å². The number of halogens is 2. The van der Waals surface area contributed by atoms with E-state index in [0.717, 1.165) is 31.1 Å². The van der Waals surface area contributed by atoms with E-state index in [0.29, 0.717) is 5.25 Å². The zero-order valence-electron chi connectivity index (χ0n) is 13.1. The summed E-state index contributed by atoms with van der Waals surface area (Å²) in [6, 6.07) is 15.0. The molecule has 0 saturated carbocycles. The van der Waals surface area contributed by atoms with Crippen LogP contribution in [0, 0.1) is 5.82 Å². The van der Waals surface area contributed by atoms with E-state index in [2.05, 4.69) is 17.0 Å². The van der Waals surface area contributed by atoms with E-state index in [-0.39, 0.29) is 5.82 Å². The SMILES string of the molecule is Fc1ccc(CCN2CCC(Sc3ccc(Cl)cc3)CC2)cc1. The molecule has 1 saturated heterocycles. The number of hydrogen-bond acceptors (Lipinski definition) is 2. The minimum absolute atomic E-state index is 0.159. The Balaban J connectivity index is 1.41. The van der Waals surface area contributed by atoms with Gasteiger partial charge in [-0.15, -0.1) is 11.8 Å². The first kappa shape index (κ1) is 16.8. The van der Waals surface area contributed by atoms with Gasteiger partial charge in [0.15, 0.2) is 0 Å². The summed E-state index contributed by atoms with van der Waals surface area (Å²) in [5.74, 6) is -0.159. The van der Waals surface area contributed by atoms with E-state index < -0.39 is 0 Å². The molecule has 4 heteroatoms. The summed E-state index contributed by atoms with van der Waals surface area (Å²) in [6.07, 6.45) is 3.43. The average molecular weight is 350 g/mol. The van der Waals surface area contributed by atoms with E-state index in [1.165, 1.54) is 23.3 Å². The van der Waals surface area contributed by atoms with Crippen molar-refractivity contribution in [2.75, 3.05) is 19.6 Å². The molecule has 2 aromatic carbocycles. The average Bonchev–Trinajstić information content (AvgIpc) is 2.58. The Morgan fingerprint density at radius 1 is 1.00 bits per heavy atom. The molecule has 0 aromatic heterocycles. The molecule has 2 aromatic rings. The molecule has 3 rings (SSSR count). The molecule has 23 heavy (non-hydrogen) atoms. The highest BCUT2D eigenvalue weighted by atomic mass is 35.5.